The minimum atomic E-state index is 0.940. The molecule has 0 aliphatic heterocycles. The highest BCUT2D eigenvalue weighted by Gasteiger charge is 2.05. The minimum Gasteiger partial charge on any atom is -0.497 e. The fourth-order valence-corrected chi connectivity index (χ4v) is 1.71. The Hall–Kier alpha value is -1.02. The van der Waals surface area contributed by atoms with E-state index in [4.69, 9.17) is 4.74 Å². The van der Waals surface area contributed by atoms with Crippen LogP contribution in [0.15, 0.2) is 24.3 Å². The van der Waals surface area contributed by atoms with Crippen LogP contribution in [0.1, 0.15) is 18.4 Å². The van der Waals surface area contributed by atoms with Crippen LogP contribution in [-0.4, -0.2) is 39.3 Å². The Morgan fingerprint density at radius 1 is 1.00 bits per heavy atom. The molecule has 0 amide bonds. The highest BCUT2D eigenvalue weighted by molar-refractivity contribution is 5.27. The van der Waals surface area contributed by atoms with Crippen molar-refractivity contribution in [3.05, 3.63) is 29.8 Å². The second kappa shape index (κ2) is 5.90. The number of ether oxygens (including phenoxy) is 1. The summed E-state index contributed by atoms with van der Waals surface area (Å²) < 4.78 is 6.20. The maximum absolute atomic E-state index is 5.14. The summed E-state index contributed by atoms with van der Waals surface area (Å²) in [6, 6.07) is 8.39. The lowest BCUT2D eigenvalue weighted by Gasteiger charge is -2.23. The SMILES string of the molecule is COc1ccc(CCCC[N+](C)(C)C)cc1. The highest BCUT2D eigenvalue weighted by Crippen LogP contribution is 2.13. The molecule has 0 atom stereocenters. The van der Waals surface area contributed by atoms with Gasteiger partial charge < -0.3 is 9.22 Å². The van der Waals surface area contributed by atoms with Crippen LogP contribution in [0.3, 0.4) is 0 Å². The molecule has 90 valence electrons. The third-order valence-corrected chi connectivity index (χ3v) is 2.70. The first kappa shape index (κ1) is 13.0. The molecule has 0 saturated heterocycles. The van der Waals surface area contributed by atoms with Crippen LogP contribution in [-0.2, 0) is 6.42 Å². The number of aryl methyl sites for hydroxylation is 1. The van der Waals surface area contributed by atoms with Crippen molar-refractivity contribution in [2.75, 3.05) is 34.8 Å². The van der Waals surface area contributed by atoms with Crippen molar-refractivity contribution < 1.29 is 9.22 Å². The molecule has 0 spiro atoms. The smallest absolute Gasteiger partial charge is 0.118 e. The number of unbranched alkanes of at least 4 members (excludes halogenated alkanes) is 1. The van der Waals surface area contributed by atoms with Crippen molar-refractivity contribution in [2.24, 2.45) is 0 Å². The Morgan fingerprint density at radius 2 is 1.62 bits per heavy atom. The number of rotatable bonds is 6. The first-order valence-corrected chi connectivity index (χ1v) is 5.95. The van der Waals surface area contributed by atoms with Crippen LogP contribution in [0, 0.1) is 0 Å². The van der Waals surface area contributed by atoms with Gasteiger partial charge in [0, 0.05) is 0 Å². The molecule has 0 heterocycles. The molecule has 16 heavy (non-hydrogen) atoms. The zero-order valence-corrected chi connectivity index (χ0v) is 11.0. The molecule has 0 aromatic heterocycles. The van der Waals surface area contributed by atoms with Gasteiger partial charge in [0.05, 0.1) is 34.8 Å². The molecule has 1 aromatic rings. The predicted molar refractivity (Wildman–Crippen MR) is 68.8 cm³/mol. The maximum atomic E-state index is 5.14. The summed E-state index contributed by atoms with van der Waals surface area (Å²) in [5, 5.41) is 0. The second-order valence-electron chi connectivity index (χ2n) is 5.32. The van der Waals surface area contributed by atoms with Crippen molar-refractivity contribution in [1.29, 1.82) is 0 Å². The van der Waals surface area contributed by atoms with Crippen LogP contribution >= 0.6 is 0 Å². The Morgan fingerprint density at radius 3 is 2.12 bits per heavy atom. The predicted octanol–water partition coefficient (Wildman–Crippen LogP) is 2.72. The minimum absolute atomic E-state index is 0.940. The summed E-state index contributed by atoms with van der Waals surface area (Å²) in [4.78, 5) is 0. The number of benzene rings is 1. The van der Waals surface area contributed by atoms with Gasteiger partial charge in [-0.3, -0.25) is 0 Å². The first-order valence-electron chi connectivity index (χ1n) is 5.95. The summed E-state index contributed by atoms with van der Waals surface area (Å²) in [7, 11) is 8.43. The number of nitrogens with zero attached hydrogens (tertiary/aromatic N) is 1. The van der Waals surface area contributed by atoms with Gasteiger partial charge in [0.25, 0.3) is 0 Å². The fraction of sp³-hybridized carbons (Fsp3) is 0.571. The van der Waals surface area contributed by atoms with Gasteiger partial charge >= 0.3 is 0 Å². The van der Waals surface area contributed by atoms with E-state index in [0.717, 1.165) is 10.2 Å². The number of methoxy groups -OCH3 is 1. The van der Waals surface area contributed by atoms with Gasteiger partial charge in [0.2, 0.25) is 0 Å². The number of quaternary nitrogens is 1. The van der Waals surface area contributed by atoms with Crippen molar-refractivity contribution in [2.45, 2.75) is 19.3 Å². The second-order valence-corrected chi connectivity index (χ2v) is 5.32. The molecule has 0 bridgehead atoms. The van der Waals surface area contributed by atoms with Gasteiger partial charge in [-0.05, 0) is 37.0 Å². The molecule has 0 aliphatic rings. The van der Waals surface area contributed by atoms with E-state index < -0.39 is 0 Å². The van der Waals surface area contributed by atoms with Crippen LogP contribution in [0.25, 0.3) is 0 Å². The molecule has 1 aromatic carbocycles. The molecule has 2 nitrogen and oxygen atoms in total. The largest absolute Gasteiger partial charge is 0.497 e. The van der Waals surface area contributed by atoms with E-state index in [1.54, 1.807) is 7.11 Å². The van der Waals surface area contributed by atoms with Gasteiger partial charge in [-0.15, -0.1) is 0 Å². The molecule has 0 unspecified atom stereocenters. The van der Waals surface area contributed by atoms with E-state index in [0.29, 0.717) is 0 Å². The zero-order chi connectivity index (χ0) is 12.0. The van der Waals surface area contributed by atoms with E-state index in [1.807, 2.05) is 12.1 Å². The van der Waals surface area contributed by atoms with Gasteiger partial charge in [0.15, 0.2) is 0 Å². The summed E-state index contributed by atoms with van der Waals surface area (Å²) in [5.41, 5.74) is 1.40. The van der Waals surface area contributed by atoms with Crippen LogP contribution in [0.2, 0.25) is 0 Å². The molecule has 0 radical (unpaired) electrons. The lowest BCUT2D eigenvalue weighted by molar-refractivity contribution is -0.870. The Bertz CT molecular complexity index is 298. The number of hydrogen-bond acceptors (Lipinski definition) is 1. The third kappa shape index (κ3) is 5.17. The van der Waals surface area contributed by atoms with Crippen LogP contribution in [0.5, 0.6) is 5.75 Å². The molecule has 2 heteroatoms. The Labute approximate surface area is 99.4 Å². The normalized spacial score (nSPS) is 11.5. The van der Waals surface area contributed by atoms with Crippen LogP contribution in [0.4, 0.5) is 0 Å². The van der Waals surface area contributed by atoms with Crippen molar-refractivity contribution in [3.8, 4) is 5.75 Å². The van der Waals surface area contributed by atoms with Gasteiger partial charge in [0.1, 0.15) is 5.75 Å². The number of hydrogen-bond donors (Lipinski definition) is 0. The van der Waals surface area contributed by atoms with E-state index in [2.05, 4.69) is 33.3 Å². The maximum Gasteiger partial charge on any atom is 0.118 e. The zero-order valence-electron chi connectivity index (χ0n) is 11.0. The highest BCUT2D eigenvalue weighted by atomic mass is 16.5. The monoisotopic (exact) mass is 222 g/mol. The van der Waals surface area contributed by atoms with E-state index in [-0.39, 0.29) is 0 Å². The summed E-state index contributed by atoms with van der Waals surface area (Å²) in [6.45, 7) is 1.25. The van der Waals surface area contributed by atoms with Crippen molar-refractivity contribution in [1.82, 2.24) is 0 Å². The molecule has 1 rings (SSSR count). The lowest BCUT2D eigenvalue weighted by atomic mass is 10.1. The standard InChI is InChI=1S/C14H24NO/c1-15(2,3)12-6-5-7-13-8-10-14(16-4)11-9-13/h8-11H,5-7,12H2,1-4H3/q+1. The first-order chi connectivity index (χ1) is 7.51. The van der Waals surface area contributed by atoms with Gasteiger partial charge in [-0.1, -0.05) is 12.1 Å². The molecule has 0 fully saturated rings. The van der Waals surface area contributed by atoms with Gasteiger partial charge in [-0.25, -0.2) is 0 Å². The lowest BCUT2D eigenvalue weighted by Crippen LogP contribution is -2.35. The quantitative estimate of drug-likeness (QED) is 0.531. The van der Waals surface area contributed by atoms with Gasteiger partial charge in [-0.2, -0.15) is 0 Å². The average Bonchev–Trinajstić information content (AvgIpc) is 2.24. The summed E-state index contributed by atoms with van der Waals surface area (Å²) >= 11 is 0. The van der Waals surface area contributed by atoms with Crippen molar-refractivity contribution >= 4 is 0 Å². The molecule has 0 saturated carbocycles. The van der Waals surface area contributed by atoms with Crippen LogP contribution < -0.4 is 4.74 Å². The fourth-order valence-electron chi connectivity index (χ4n) is 1.71. The topological polar surface area (TPSA) is 9.23 Å². The van der Waals surface area contributed by atoms with E-state index in [1.165, 1.54) is 31.4 Å². The Balaban J connectivity index is 2.27. The molecular weight excluding hydrogens is 198 g/mol. The summed E-state index contributed by atoms with van der Waals surface area (Å²) in [6.07, 6.45) is 3.72. The van der Waals surface area contributed by atoms with E-state index in [9.17, 15) is 0 Å². The third-order valence-electron chi connectivity index (χ3n) is 2.70. The molecule has 0 N–H and O–H groups in total. The Kier molecular flexibility index (Phi) is 4.81. The van der Waals surface area contributed by atoms with E-state index >= 15 is 0 Å². The van der Waals surface area contributed by atoms with Crippen molar-refractivity contribution in [3.63, 3.8) is 0 Å². The molecular formula is C14H24NO+. The summed E-state index contributed by atoms with van der Waals surface area (Å²) in [5.74, 6) is 0.940. The molecule has 0 aliphatic carbocycles. The average molecular weight is 222 g/mol.